The first kappa shape index (κ1) is 11.2. The summed E-state index contributed by atoms with van der Waals surface area (Å²) in [6.45, 7) is 2.32. The molecule has 3 nitrogen and oxygen atoms in total. The van der Waals surface area contributed by atoms with Gasteiger partial charge in [-0.2, -0.15) is 0 Å². The maximum atomic E-state index is 12.7. The van der Waals surface area contributed by atoms with Gasteiger partial charge in [0, 0.05) is 11.8 Å². The third-order valence-corrected chi connectivity index (χ3v) is 1.57. The number of anilines is 1. The standard InChI is InChI=1S/C11H12FNO2/c1-2-15-7-6-11(14)13-10-5-3-4-9(12)8-10/h3-8H,2H2,1H3,(H,13,14)/b7-6+. The monoisotopic (exact) mass is 209 g/mol. The van der Waals surface area contributed by atoms with Crippen molar-refractivity contribution in [2.75, 3.05) is 11.9 Å². The van der Waals surface area contributed by atoms with Gasteiger partial charge in [0.1, 0.15) is 5.82 Å². The minimum absolute atomic E-state index is 0.353. The molecule has 0 saturated heterocycles. The van der Waals surface area contributed by atoms with Gasteiger partial charge in [-0.15, -0.1) is 0 Å². The van der Waals surface area contributed by atoms with Gasteiger partial charge in [0.15, 0.2) is 0 Å². The molecule has 0 heterocycles. The number of rotatable bonds is 4. The summed E-state index contributed by atoms with van der Waals surface area (Å²) in [6, 6.07) is 5.69. The van der Waals surface area contributed by atoms with E-state index in [2.05, 4.69) is 5.32 Å². The topological polar surface area (TPSA) is 38.3 Å². The second-order valence-corrected chi connectivity index (χ2v) is 2.76. The maximum Gasteiger partial charge on any atom is 0.251 e. The molecule has 0 bridgehead atoms. The Balaban J connectivity index is 2.51. The van der Waals surface area contributed by atoms with Gasteiger partial charge in [0.2, 0.25) is 0 Å². The van der Waals surface area contributed by atoms with Crippen molar-refractivity contribution in [3.05, 3.63) is 42.4 Å². The first-order valence-electron chi connectivity index (χ1n) is 4.57. The average molecular weight is 209 g/mol. The van der Waals surface area contributed by atoms with Crippen LogP contribution < -0.4 is 5.32 Å². The van der Waals surface area contributed by atoms with Crippen molar-refractivity contribution in [2.45, 2.75) is 6.92 Å². The number of carbonyl (C=O) groups excluding carboxylic acids is 1. The molecular formula is C11H12FNO2. The Morgan fingerprint density at radius 3 is 3.07 bits per heavy atom. The molecule has 0 aliphatic rings. The minimum atomic E-state index is -0.387. The van der Waals surface area contributed by atoms with Crippen molar-refractivity contribution in [2.24, 2.45) is 0 Å². The molecule has 0 unspecified atom stereocenters. The second-order valence-electron chi connectivity index (χ2n) is 2.76. The van der Waals surface area contributed by atoms with Crippen molar-refractivity contribution in [3.8, 4) is 0 Å². The molecule has 15 heavy (non-hydrogen) atoms. The molecular weight excluding hydrogens is 197 g/mol. The molecule has 0 saturated carbocycles. The van der Waals surface area contributed by atoms with Crippen LogP contribution in [0.15, 0.2) is 36.6 Å². The molecule has 0 aliphatic heterocycles. The molecule has 0 aromatic heterocycles. The van der Waals surface area contributed by atoms with E-state index in [9.17, 15) is 9.18 Å². The molecule has 1 amide bonds. The summed E-state index contributed by atoms with van der Waals surface area (Å²) < 4.78 is 17.6. The predicted molar refractivity (Wildman–Crippen MR) is 55.8 cm³/mol. The summed E-state index contributed by atoms with van der Waals surface area (Å²) in [4.78, 5) is 11.2. The van der Waals surface area contributed by atoms with E-state index in [0.29, 0.717) is 12.3 Å². The van der Waals surface area contributed by atoms with Crippen LogP contribution in [0.4, 0.5) is 10.1 Å². The Hall–Kier alpha value is -1.84. The maximum absolute atomic E-state index is 12.7. The van der Waals surface area contributed by atoms with Gasteiger partial charge in [-0.1, -0.05) is 6.07 Å². The molecule has 0 radical (unpaired) electrons. The zero-order chi connectivity index (χ0) is 11.1. The number of ether oxygens (including phenoxy) is 1. The van der Waals surface area contributed by atoms with Crippen LogP contribution in [0.1, 0.15) is 6.92 Å². The highest BCUT2D eigenvalue weighted by Gasteiger charge is 1.98. The van der Waals surface area contributed by atoms with Crippen LogP contribution in [0.3, 0.4) is 0 Å². The Bertz CT molecular complexity index is 363. The highest BCUT2D eigenvalue weighted by atomic mass is 19.1. The van der Waals surface area contributed by atoms with Crippen LogP contribution in [-0.2, 0) is 9.53 Å². The number of nitrogens with one attached hydrogen (secondary N) is 1. The number of carbonyl (C=O) groups is 1. The van der Waals surface area contributed by atoms with Crippen LogP contribution in [-0.4, -0.2) is 12.5 Å². The molecule has 0 atom stereocenters. The summed E-state index contributed by atoms with van der Waals surface area (Å²) >= 11 is 0. The average Bonchev–Trinajstić information content (AvgIpc) is 2.18. The smallest absolute Gasteiger partial charge is 0.251 e. The number of benzene rings is 1. The van der Waals surface area contributed by atoms with E-state index < -0.39 is 0 Å². The van der Waals surface area contributed by atoms with E-state index in [1.165, 1.54) is 30.5 Å². The van der Waals surface area contributed by atoms with Crippen molar-refractivity contribution >= 4 is 11.6 Å². The van der Waals surface area contributed by atoms with Gasteiger partial charge in [0.25, 0.3) is 5.91 Å². The summed E-state index contributed by atoms with van der Waals surface area (Å²) in [5, 5.41) is 2.50. The lowest BCUT2D eigenvalue weighted by atomic mass is 10.3. The number of amides is 1. The van der Waals surface area contributed by atoms with Crippen LogP contribution in [0.2, 0.25) is 0 Å². The Kier molecular flexibility index (Phi) is 4.34. The van der Waals surface area contributed by atoms with Crippen LogP contribution in [0.25, 0.3) is 0 Å². The molecule has 1 aromatic rings. The Labute approximate surface area is 87.6 Å². The summed E-state index contributed by atoms with van der Waals surface area (Å²) in [7, 11) is 0. The molecule has 1 aromatic carbocycles. The van der Waals surface area contributed by atoms with E-state index in [-0.39, 0.29) is 11.7 Å². The molecule has 1 rings (SSSR count). The third kappa shape index (κ3) is 4.26. The quantitative estimate of drug-likeness (QED) is 0.610. The predicted octanol–water partition coefficient (Wildman–Crippen LogP) is 2.31. The summed E-state index contributed by atoms with van der Waals surface area (Å²) in [5.74, 6) is -0.740. The van der Waals surface area contributed by atoms with E-state index in [0.717, 1.165) is 0 Å². The molecule has 80 valence electrons. The molecule has 0 fully saturated rings. The lowest BCUT2D eigenvalue weighted by Gasteiger charge is -2.01. The first-order chi connectivity index (χ1) is 7.22. The highest BCUT2D eigenvalue weighted by molar-refractivity contribution is 5.99. The van der Waals surface area contributed by atoms with Crippen LogP contribution in [0, 0.1) is 5.82 Å². The molecule has 1 N–H and O–H groups in total. The van der Waals surface area contributed by atoms with Crippen LogP contribution in [0.5, 0.6) is 0 Å². The summed E-state index contributed by atoms with van der Waals surface area (Å²) in [6.07, 6.45) is 2.54. The largest absolute Gasteiger partial charge is 0.501 e. The van der Waals surface area contributed by atoms with E-state index in [1.807, 2.05) is 6.92 Å². The molecule has 4 heteroatoms. The van der Waals surface area contributed by atoms with Gasteiger partial charge in [0.05, 0.1) is 12.9 Å². The fourth-order valence-electron chi connectivity index (χ4n) is 0.956. The van der Waals surface area contributed by atoms with Crippen LogP contribution >= 0.6 is 0 Å². The van der Waals surface area contributed by atoms with Crippen molar-refractivity contribution < 1.29 is 13.9 Å². The van der Waals surface area contributed by atoms with Gasteiger partial charge < -0.3 is 10.1 Å². The molecule has 0 aliphatic carbocycles. The van der Waals surface area contributed by atoms with Crippen molar-refractivity contribution in [3.63, 3.8) is 0 Å². The Morgan fingerprint density at radius 1 is 1.60 bits per heavy atom. The second kappa shape index (κ2) is 5.80. The van der Waals surface area contributed by atoms with Gasteiger partial charge in [-0.3, -0.25) is 4.79 Å². The Morgan fingerprint density at radius 2 is 2.40 bits per heavy atom. The normalized spacial score (nSPS) is 10.3. The zero-order valence-corrected chi connectivity index (χ0v) is 8.37. The third-order valence-electron chi connectivity index (χ3n) is 1.57. The highest BCUT2D eigenvalue weighted by Crippen LogP contribution is 2.08. The SMILES string of the molecule is CCO/C=C/C(=O)Nc1cccc(F)c1. The number of halogens is 1. The van der Waals surface area contributed by atoms with Crippen molar-refractivity contribution in [1.29, 1.82) is 0 Å². The van der Waals surface area contributed by atoms with Gasteiger partial charge in [-0.05, 0) is 25.1 Å². The fraction of sp³-hybridized carbons (Fsp3) is 0.182. The zero-order valence-electron chi connectivity index (χ0n) is 8.37. The lowest BCUT2D eigenvalue weighted by molar-refractivity contribution is -0.112. The van der Waals surface area contributed by atoms with Gasteiger partial charge >= 0.3 is 0 Å². The molecule has 0 spiro atoms. The van der Waals surface area contributed by atoms with Gasteiger partial charge in [-0.25, -0.2) is 4.39 Å². The van der Waals surface area contributed by atoms with E-state index in [1.54, 1.807) is 6.07 Å². The summed E-state index contributed by atoms with van der Waals surface area (Å²) in [5.41, 5.74) is 0.418. The van der Waals surface area contributed by atoms with Crippen molar-refractivity contribution in [1.82, 2.24) is 0 Å². The first-order valence-corrected chi connectivity index (χ1v) is 4.57. The fourth-order valence-corrected chi connectivity index (χ4v) is 0.956. The lowest BCUT2D eigenvalue weighted by Crippen LogP contribution is -2.08. The number of hydrogen-bond acceptors (Lipinski definition) is 2. The van der Waals surface area contributed by atoms with E-state index >= 15 is 0 Å². The minimum Gasteiger partial charge on any atom is -0.501 e. The number of hydrogen-bond donors (Lipinski definition) is 1. The van der Waals surface area contributed by atoms with E-state index in [4.69, 9.17) is 4.74 Å².